The molecule has 0 aromatic carbocycles. The highest BCUT2D eigenvalue weighted by molar-refractivity contribution is 5.00. The van der Waals surface area contributed by atoms with Crippen LogP contribution in [0.2, 0.25) is 0 Å². The molecular formula is C11H20O. The molecule has 0 heterocycles. The Bertz CT molecular complexity index is 181. The van der Waals surface area contributed by atoms with Crippen molar-refractivity contribution < 1.29 is 5.11 Å². The van der Waals surface area contributed by atoms with E-state index in [1.165, 1.54) is 25.7 Å². The third-order valence-corrected chi connectivity index (χ3v) is 3.59. The molecule has 1 heteroatoms. The second kappa shape index (κ2) is 2.47. The minimum atomic E-state index is -0.276. The van der Waals surface area contributed by atoms with E-state index in [-0.39, 0.29) is 5.60 Å². The molecule has 1 atom stereocenters. The zero-order chi connectivity index (χ0) is 8.82. The summed E-state index contributed by atoms with van der Waals surface area (Å²) < 4.78 is 0. The van der Waals surface area contributed by atoms with Crippen LogP contribution >= 0.6 is 0 Å². The Hall–Kier alpha value is -0.0400. The van der Waals surface area contributed by atoms with Crippen LogP contribution in [-0.2, 0) is 0 Å². The van der Waals surface area contributed by atoms with E-state index in [1.807, 2.05) is 0 Å². The van der Waals surface area contributed by atoms with Gasteiger partial charge >= 0.3 is 0 Å². The first kappa shape index (κ1) is 8.55. The first-order chi connectivity index (χ1) is 5.52. The lowest BCUT2D eigenvalue weighted by atomic mass is 9.68. The molecule has 2 fully saturated rings. The minimum Gasteiger partial charge on any atom is -0.390 e. The van der Waals surface area contributed by atoms with Crippen LogP contribution in [-0.4, -0.2) is 10.7 Å². The van der Waals surface area contributed by atoms with Gasteiger partial charge in [-0.15, -0.1) is 0 Å². The predicted octanol–water partition coefficient (Wildman–Crippen LogP) is 2.73. The normalized spacial score (nSPS) is 41.2. The Morgan fingerprint density at radius 3 is 2.33 bits per heavy atom. The van der Waals surface area contributed by atoms with Crippen LogP contribution in [0.4, 0.5) is 0 Å². The van der Waals surface area contributed by atoms with Crippen LogP contribution in [0.15, 0.2) is 0 Å². The average molecular weight is 168 g/mol. The van der Waals surface area contributed by atoms with Crippen molar-refractivity contribution in [2.24, 2.45) is 11.3 Å². The van der Waals surface area contributed by atoms with Crippen LogP contribution < -0.4 is 0 Å². The molecule has 1 nitrogen and oxygen atoms in total. The van der Waals surface area contributed by atoms with Crippen LogP contribution in [0.1, 0.15) is 52.4 Å². The smallest absolute Gasteiger partial charge is 0.0680 e. The summed E-state index contributed by atoms with van der Waals surface area (Å²) in [6, 6.07) is 0. The molecular weight excluding hydrogens is 148 g/mol. The van der Waals surface area contributed by atoms with Gasteiger partial charge in [-0.3, -0.25) is 0 Å². The fourth-order valence-electron chi connectivity index (χ4n) is 2.85. The van der Waals surface area contributed by atoms with Gasteiger partial charge in [0.05, 0.1) is 5.60 Å². The molecule has 0 aromatic rings. The maximum atomic E-state index is 10.3. The molecule has 0 saturated heterocycles. The molecule has 2 rings (SSSR count). The molecule has 2 aliphatic rings. The lowest BCUT2D eigenvalue weighted by molar-refractivity contribution is -0.0561. The van der Waals surface area contributed by atoms with Crippen LogP contribution in [0, 0.1) is 11.3 Å². The molecule has 1 unspecified atom stereocenters. The lowest BCUT2D eigenvalue weighted by Crippen LogP contribution is -2.40. The van der Waals surface area contributed by atoms with Gasteiger partial charge in [-0.25, -0.2) is 0 Å². The summed E-state index contributed by atoms with van der Waals surface area (Å²) in [5.74, 6) is 0.650. The summed E-state index contributed by atoms with van der Waals surface area (Å²) >= 11 is 0. The van der Waals surface area contributed by atoms with Crippen molar-refractivity contribution in [2.75, 3.05) is 0 Å². The molecule has 1 N–H and O–H groups in total. The molecule has 70 valence electrons. The molecule has 0 aromatic heterocycles. The van der Waals surface area contributed by atoms with Gasteiger partial charge < -0.3 is 5.11 Å². The van der Waals surface area contributed by atoms with Gasteiger partial charge in [0.2, 0.25) is 0 Å². The van der Waals surface area contributed by atoms with Crippen LogP contribution in [0.25, 0.3) is 0 Å². The molecule has 2 saturated carbocycles. The molecule has 12 heavy (non-hydrogen) atoms. The summed E-state index contributed by atoms with van der Waals surface area (Å²) in [5.41, 5.74) is 0.108. The quantitative estimate of drug-likeness (QED) is 0.638. The maximum absolute atomic E-state index is 10.3. The second-order valence-corrected chi connectivity index (χ2v) is 5.57. The topological polar surface area (TPSA) is 20.2 Å². The van der Waals surface area contributed by atoms with E-state index in [9.17, 15) is 5.11 Å². The molecule has 0 radical (unpaired) electrons. The average Bonchev–Trinajstić information content (AvgIpc) is 2.62. The van der Waals surface area contributed by atoms with E-state index in [1.54, 1.807) is 0 Å². The van der Waals surface area contributed by atoms with Gasteiger partial charge in [0.25, 0.3) is 0 Å². The summed E-state index contributed by atoms with van der Waals surface area (Å²) in [7, 11) is 0. The highest BCUT2D eigenvalue weighted by atomic mass is 16.3. The van der Waals surface area contributed by atoms with Crippen LogP contribution in [0.3, 0.4) is 0 Å². The van der Waals surface area contributed by atoms with E-state index in [2.05, 4.69) is 13.8 Å². The Labute approximate surface area is 75.2 Å². The largest absolute Gasteiger partial charge is 0.390 e. The summed E-state index contributed by atoms with van der Waals surface area (Å²) in [4.78, 5) is 0. The van der Waals surface area contributed by atoms with E-state index < -0.39 is 0 Å². The molecule has 0 aliphatic heterocycles. The third-order valence-electron chi connectivity index (χ3n) is 3.59. The first-order valence-corrected chi connectivity index (χ1v) is 5.24. The van der Waals surface area contributed by atoms with E-state index in [0.29, 0.717) is 11.3 Å². The van der Waals surface area contributed by atoms with Gasteiger partial charge in [-0.2, -0.15) is 0 Å². The first-order valence-electron chi connectivity index (χ1n) is 5.24. The molecule has 2 aliphatic carbocycles. The second-order valence-electron chi connectivity index (χ2n) is 5.57. The van der Waals surface area contributed by atoms with Crippen molar-refractivity contribution in [1.29, 1.82) is 0 Å². The number of rotatable bonds is 1. The van der Waals surface area contributed by atoms with Gasteiger partial charge in [0.15, 0.2) is 0 Å². The summed E-state index contributed by atoms with van der Waals surface area (Å²) in [6.07, 6.45) is 7.15. The van der Waals surface area contributed by atoms with Gasteiger partial charge in [0.1, 0.15) is 0 Å². The SMILES string of the molecule is CC1(C)CCCC(O)(C2CC2)C1. The van der Waals surface area contributed by atoms with Crippen molar-refractivity contribution in [3.63, 3.8) is 0 Å². The number of aliphatic hydroxyl groups is 1. The standard InChI is InChI=1S/C11H20O/c1-10(2)6-3-7-11(12,8-10)9-4-5-9/h9,12H,3-8H2,1-2H3. The highest BCUT2D eigenvalue weighted by Crippen LogP contribution is 2.51. The van der Waals surface area contributed by atoms with Crippen molar-refractivity contribution in [2.45, 2.75) is 58.0 Å². The Kier molecular flexibility index (Phi) is 1.76. The predicted molar refractivity (Wildman–Crippen MR) is 49.9 cm³/mol. The van der Waals surface area contributed by atoms with E-state index in [4.69, 9.17) is 0 Å². The summed E-state index contributed by atoms with van der Waals surface area (Å²) in [5, 5.41) is 10.3. The monoisotopic (exact) mass is 168 g/mol. The van der Waals surface area contributed by atoms with E-state index in [0.717, 1.165) is 12.8 Å². The van der Waals surface area contributed by atoms with Crippen molar-refractivity contribution >= 4 is 0 Å². The van der Waals surface area contributed by atoms with Crippen molar-refractivity contribution in [3.8, 4) is 0 Å². The third kappa shape index (κ3) is 1.52. The summed E-state index contributed by atoms with van der Waals surface area (Å²) in [6.45, 7) is 4.58. The lowest BCUT2D eigenvalue weighted by Gasteiger charge is -2.41. The molecule has 0 spiro atoms. The Morgan fingerprint density at radius 2 is 1.83 bits per heavy atom. The van der Waals surface area contributed by atoms with Gasteiger partial charge in [-0.05, 0) is 43.4 Å². The van der Waals surface area contributed by atoms with E-state index >= 15 is 0 Å². The Morgan fingerprint density at radius 1 is 1.17 bits per heavy atom. The highest BCUT2D eigenvalue weighted by Gasteiger charge is 2.48. The number of hydrogen-bond acceptors (Lipinski definition) is 1. The zero-order valence-electron chi connectivity index (χ0n) is 8.27. The van der Waals surface area contributed by atoms with Crippen molar-refractivity contribution in [3.05, 3.63) is 0 Å². The molecule has 0 bridgehead atoms. The fourth-order valence-corrected chi connectivity index (χ4v) is 2.85. The molecule has 0 amide bonds. The minimum absolute atomic E-state index is 0.276. The van der Waals surface area contributed by atoms with Crippen LogP contribution in [0.5, 0.6) is 0 Å². The zero-order valence-corrected chi connectivity index (χ0v) is 8.27. The maximum Gasteiger partial charge on any atom is 0.0680 e. The fraction of sp³-hybridized carbons (Fsp3) is 1.00. The van der Waals surface area contributed by atoms with Gasteiger partial charge in [-0.1, -0.05) is 20.3 Å². The van der Waals surface area contributed by atoms with Crippen molar-refractivity contribution in [1.82, 2.24) is 0 Å². The number of hydrogen-bond donors (Lipinski definition) is 1. The van der Waals surface area contributed by atoms with Gasteiger partial charge in [0, 0.05) is 0 Å². The Balaban J connectivity index is 2.06.